The van der Waals surface area contributed by atoms with Gasteiger partial charge in [0.15, 0.2) is 0 Å². The molecule has 4 rings (SSSR count). The Labute approximate surface area is 184 Å². The number of fused-ring (bicyclic) bond motifs is 1. The summed E-state index contributed by atoms with van der Waals surface area (Å²) in [5.41, 5.74) is 6.94. The molecule has 0 aliphatic rings. The number of hydrogen-bond donors (Lipinski definition) is 1. The number of unbranched alkanes of at least 4 members (excludes halogenated alkanes) is 3. The van der Waals surface area contributed by atoms with Gasteiger partial charge in [0.2, 0.25) is 0 Å². The molecule has 4 heteroatoms. The van der Waals surface area contributed by atoms with E-state index in [4.69, 9.17) is 4.74 Å². The van der Waals surface area contributed by atoms with Crippen LogP contribution in [0.5, 0.6) is 5.75 Å². The predicted molar refractivity (Wildman–Crippen MR) is 129 cm³/mol. The summed E-state index contributed by atoms with van der Waals surface area (Å²) in [6.07, 6.45) is 8.30. The SMILES string of the molecule is CCCCCCc1ccc(CNc2ccc3c(c2)ncn3-c2ccc(OC)cc2)cc1. The topological polar surface area (TPSA) is 39.1 Å². The Morgan fingerprint density at radius 3 is 2.39 bits per heavy atom. The Balaban J connectivity index is 1.38. The molecule has 4 nitrogen and oxygen atoms in total. The largest absolute Gasteiger partial charge is 0.497 e. The molecule has 0 fully saturated rings. The molecule has 1 aromatic heterocycles. The highest BCUT2D eigenvalue weighted by molar-refractivity contribution is 5.81. The summed E-state index contributed by atoms with van der Waals surface area (Å²) in [5, 5.41) is 3.53. The van der Waals surface area contributed by atoms with Crippen LogP contribution in [0.25, 0.3) is 16.7 Å². The van der Waals surface area contributed by atoms with Gasteiger partial charge in [0.25, 0.3) is 0 Å². The van der Waals surface area contributed by atoms with Crippen LogP contribution in [0.1, 0.15) is 43.7 Å². The Morgan fingerprint density at radius 1 is 0.871 bits per heavy atom. The number of benzene rings is 3. The van der Waals surface area contributed by atoms with E-state index in [-0.39, 0.29) is 0 Å². The first-order valence-corrected chi connectivity index (χ1v) is 11.2. The minimum atomic E-state index is 0.806. The van der Waals surface area contributed by atoms with Crippen LogP contribution in [-0.2, 0) is 13.0 Å². The van der Waals surface area contributed by atoms with Crippen molar-refractivity contribution in [2.24, 2.45) is 0 Å². The van der Waals surface area contributed by atoms with Crippen molar-refractivity contribution in [2.45, 2.75) is 45.6 Å². The summed E-state index contributed by atoms with van der Waals surface area (Å²) in [4.78, 5) is 4.60. The molecule has 4 aromatic rings. The average Bonchev–Trinajstić information content (AvgIpc) is 3.24. The van der Waals surface area contributed by atoms with Gasteiger partial charge in [0.05, 0.1) is 18.1 Å². The van der Waals surface area contributed by atoms with Gasteiger partial charge in [0.1, 0.15) is 12.1 Å². The van der Waals surface area contributed by atoms with E-state index in [9.17, 15) is 0 Å². The Bertz CT molecular complexity index is 1100. The average molecular weight is 414 g/mol. The minimum Gasteiger partial charge on any atom is -0.497 e. The normalized spacial score (nSPS) is 11.0. The highest BCUT2D eigenvalue weighted by Gasteiger charge is 2.06. The summed E-state index contributed by atoms with van der Waals surface area (Å²) < 4.78 is 7.35. The van der Waals surface area contributed by atoms with Crippen molar-refractivity contribution in [1.29, 1.82) is 0 Å². The van der Waals surface area contributed by atoms with Crippen molar-refractivity contribution < 1.29 is 4.74 Å². The number of aryl methyl sites for hydroxylation is 1. The third kappa shape index (κ3) is 5.26. The second kappa shape index (κ2) is 10.2. The van der Waals surface area contributed by atoms with Crippen LogP contribution in [0.3, 0.4) is 0 Å². The zero-order valence-corrected chi connectivity index (χ0v) is 18.5. The molecular formula is C27H31N3O. The summed E-state index contributed by atoms with van der Waals surface area (Å²) >= 11 is 0. The Morgan fingerprint density at radius 2 is 1.65 bits per heavy atom. The number of methoxy groups -OCH3 is 1. The molecule has 0 bridgehead atoms. The quantitative estimate of drug-likeness (QED) is 0.292. The van der Waals surface area contributed by atoms with E-state index >= 15 is 0 Å². The number of rotatable bonds is 10. The third-order valence-corrected chi connectivity index (χ3v) is 5.74. The number of hydrogen-bond acceptors (Lipinski definition) is 3. The predicted octanol–water partition coefficient (Wildman–Crippen LogP) is 6.77. The maximum atomic E-state index is 5.25. The number of anilines is 1. The zero-order valence-electron chi connectivity index (χ0n) is 18.5. The maximum absolute atomic E-state index is 5.25. The number of nitrogens with zero attached hydrogens (tertiary/aromatic N) is 2. The molecule has 0 atom stereocenters. The van der Waals surface area contributed by atoms with E-state index in [0.29, 0.717) is 0 Å². The highest BCUT2D eigenvalue weighted by atomic mass is 16.5. The molecule has 1 heterocycles. The van der Waals surface area contributed by atoms with Gasteiger partial charge >= 0.3 is 0 Å². The first-order valence-electron chi connectivity index (χ1n) is 11.2. The van der Waals surface area contributed by atoms with Gasteiger partial charge < -0.3 is 10.1 Å². The molecule has 31 heavy (non-hydrogen) atoms. The molecule has 0 spiro atoms. The van der Waals surface area contributed by atoms with Gasteiger partial charge in [-0.3, -0.25) is 4.57 Å². The van der Waals surface area contributed by atoms with Crippen LogP contribution in [-0.4, -0.2) is 16.7 Å². The summed E-state index contributed by atoms with van der Waals surface area (Å²) in [6.45, 7) is 3.06. The fourth-order valence-electron chi connectivity index (χ4n) is 3.86. The fourth-order valence-corrected chi connectivity index (χ4v) is 3.86. The molecular weight excluding hydrogens is 382 g/mol. The van der Waals surface area contributed by atoms with E-state index in [1.807, 2.05) is 30.6 Å². The van der Waals surface area contributed by atoms with Gasteiger partial charge in [-0.1, -0.05) is 50.5 Å². The molecule has 0 amide bonds. The molecule has 0 unspecified atom stereocenters. The number of ether oxygens (including phenoxy) is 1. The van der Waals surface area contributed by atoms with E-state index in [1.54, 1.807) is 7.11 Å². The fraction of sp³-hybridized carbons (Fsp3) is 0.296. The summed E-state index contributed by atoms with van der Waals surface area (Å²) in [7, 11) is 1.68. The van der Waals surface area contributed by atoms with Crippen LogP contribution < -0.4 is 10.1 Å². The first kappa shape index (κ1) is 21.0. The highest BCUT2D eigenvalue weighted by Crippen LogP contribution is 2.23. The first-order chi connectivity index (χ1) is 15.3. The van der Waals surface area contributed by atoms with E-state index in [2.05, 4.69) is 64.3 Å². The van der Waals surface area contributed by atoms with Crippen molar-refractivity contribution in [3.8, 4) is 11.4 Å². The zero-order chi connectivity index (χ0) is 21.5. The molecule has 0 saturated heterocycles. The van der Waals surface area contributed by atoms with Gasteiger partial charge in [-0.2, -0.15) is 0 Å². The molecule has 0 radical (unpaired) electrons. The number of imidazole rings is 1. The van der Waals surface area contributed by atoms with Crippen LogP contribution >= 0.6 is 0 Å². The lowest BCUT2D eigenvalue weighted by atomic mass is 10.0. The molecule has 0 aliphatic carbocycles. The smallest absolute Gasteiger partial charge is 0.119 e. The number of nitrogens with one attached hydrogen (secondary N) is 1. The van der Waals surface area contributed by atoms with Crippen molar-refractivity contribution in [3.05, 3.63) is 84.2 Å². The van der Waals surface area contributed by atoms with E-state index in [1.165, 1.54) is 43.2 Å². The van der Waals surface area contributed by atoms with Crippen molar-refractivity contribution in [1.82, 2.24) is 9.55 Å². The molecule has 1 N–H and O–H groups in total. The Hall–Kier alpha value is -3.27. The standard InChI is InChI=1S/C27H31N3O/c1-3-4-5-6-7-21-8-10-22(11-9-21)19-28-23-12-17-27-26(18-23)29-20-30(27)24-13-15-25(31-2)16-14-24/h8-18,20,28H,3-7,19H2,1-2H3. The molecule has 3 aromatic carbocycles. The van der Waals surface area contributed by atoms with Crippen molar-refractivity contribution in [3.63, 3.8) is 0 Å². The third-order valence-electron chi connectivity index (χ3n) is 5.74. The lowest BCUT2D eigenvalue weighted by Gasteiger charge is -2.09. The van der Waals surface area contributed by atoms with Crippen molar-refractivity contribution in [2.75, 3.05) is 12.4 Å². The summed E-state index contributed by atoms with van der Waals surface area (Å²) in [6, 6.07) is 23.4. The minimum absolute atomic E-state index is 0.806. The van der Waals surface area contributed by atoms with Gasteiger partial charge in [-0.05, 0) is 66.4 Å². The van der Waals surface area contributed by atoms with Gasteiger partial charge in [0, 0.05) is 17.9 Å². The van der Waals surface area contributed by atoms with E-state index < -0.39 is 0 Å². The van der Waals surface area contributed by atoms with E-state index in [0.717, 1.165) is 34.7 Å². The Kier molecular flexibility index (Phi) is 6.88. The van der Waals surface area contributed by atoms with Crippen LogP contribution in [0.4, 0.5) is 5.69 Å². The second-order valence-electron chi connectivity index (χ2n) is 8.00. The lowest BCUT2D eigenvalue weighted by Crippen LogP contribution is -2.00. The number of aromatic nitrogens is 2. The molecule has 160 valence electrons. The van der Waals surface area contributed by atoms with Crippen LogP contribution in [0.15, 0.2) is 73.1 Å². The van der Waals surface area contributed by atoms with Crippen LogP contribution in [0.2, 0.25) is 0 Å². The van der Waals surface area contributed by atoms with Gasteiger partial charge in [-0.25, -0.2) is 4.98 Å². The van der Waals surface area contributed by atoms with Crippen LogP contribution in [0, 0.1) is 0 Å². The maximum Gasteiger partial charge on any atom is 0.119 e. The molecule has 0 saturated carbocycles. The van der Waals surface area contributed by atoms with Gasteiger partial charge in [-0.15, -0.1) is 0 Å². The lowest BCUT2D eigenvalue weighted by molar-refractivity contribution is 0.415. The monoisotopic (exact) mass is 413 g/mol. The summed E-state index contributed by atoms with van der Waals surface area (Å²) in [5.74, 6) is 0.851. The second-order valence-corrected chi connectivity index (χ2v) is 8.00. The van der Waals surface area contributed by atoms with Crippen molar-refractivity contribution >= 4 is 16.7 Å². The molecule has 0 aliphatic heterocycles.